The van der Waals surface area contributed by atoms with E-state index >= 15 is 0 Å². The fraction of sp³-hybridized carbons (Fsp3) is 0.367. The number of hydrogen-bond acceptors (Lipinski definition) is 6. The van der Waals surface area contributed by atoms with Gasteiger partial charge in [-0.2, -0.15) is 5.26 Å². The van der Waals surface area contributed by atoms with Gasteiger partial charge in [0.05, 0.1) is 25.2 Å². The molecule has 2 saturated heterocycles. The zero-order chi connectivity index (χ0) is 25.8. The number of rotatable bonds is 6. The third-order valence-electron chi connectivity index (χ3n) is 7.33. The minimum atomic E-state index is -0.342. The van der Waals surface area contributed by atoms with Crippen LogP contribution in [0.5, 0.6) is 0 Å². The zero-order valence-corrected chi connectivity index (χ0v) is 21.4. The van der Waals surface area contributed by atoms with E-state index in [1.165, 1.54) is 17.6 Å². The van der Waals surface area contributed by atoms with Crippen molar-refractivity contribution in [2.45, 2.75) is 32.3 Å². The van der Waals surface area contributed by atoms with Gasteiger partial charge < -0.3 is 19.9 Å². The summed E-state index contributed by atoms with van der Waals surface area (Å²) in [6, 6.07) is 14.0. The van der Waals surface area contributed by atoms with Crippen LogP contribution < -0.4 is 15.1 Å². The first-order chi connectivity index (χ1) is 18.1. The van der Waals surface area contributed by atoms with Gasteiger partial charge in [0.2, 0.25) is 0 Å². The van der Waals surface area contributed by atoms with E-state index < -0.39 is 0 Å². The van der Waals surface area contributed by atoms with Gasteiger partial charge in [0.1, 0.15) is 11.6 Å². The van der Waals surface area contributed by atoms with Crippen LogP contribution in [0.25, 0.3) is 0 Å². The zero-order valence-electron chi connectivity index (χ0n) is 21.4. The number of ether oxygens (including phenoxy) is 1. The van der Waals surface area contributed by atoms with E-state index in [1.54, 1.807) is 6.07 Å². The van der Waals surface area contributed by atoms with E-state index in [1.807, 2.05) is 12.1 Å². The molecule has 1 aromatic heterocycles. The molecule has 1 atom stereocenters. The number of amides is 1. The minimum Gasteiger partial charge on any atom is -0.375 e. The summed E-state index contributed by atoms with van der Waals surface area (Å²) >= 11 is 0. The average Bonchev–Trinajstić information content (AvgIpc) is 2.90. The monoisotopic (exact) mass is 495 g/mol. The van der Waals surface area contributed by atoms with Gasteiger partial charge in [0.25, 0.3) is 5.91 Å². The first-order valence-electron chi connectivity index (χ1n) is 12.9. The number of allylic oxidation sites excluding steroid dienone is 1. The summed E-state index contributed by atoms with van der Waals surface area (Å²) in [5.41, 5.74) is 5.75. The first-order valence-corrected chi connectivity index (χ1v) is 12.9. The maximum absolute atomic E-state index is 12.9. The van der Waals surface area contributed by atoms with Gasteiger partial charge in [-0.05, 0) is 71.9 Å². The van der Waals surface area contributed by atoms with Crippen molar-refractivity contribution in [2.75, 3.05) is 49.1 Å². The van der Waals surface area contributed by atoms with Gasteiger partial charge in [0, 0.05) is 38.3 Å². The molecule has 0 bridgehead atoms. The van der Waals surface area contributed by atoms with E-state index in [9.17, 15) is 10.1 Å². The van der Waals surface area contributed by atoms with Crippen molar-refractivity contribution in [3.63, 3.8) is 0 Å². The molecule has 1 amide bonds. The summed E-state index contributed by atoms with van der Waals surface area (Å²) in [4.78, 5) is 22.4. The molecule has 0 aliphatic carbocycles. The highest BCUT2D eigenvalue weighted by Crippen LogP contribution is 2.29. The van der Waals surface area contributed by atoms with Crippen molar-refractivity contribution in [3.05, 3.63) is 88.5 Å². The molecule has 37 heavy (non-hydrogen) atoms. The first kappa shape index (κ1) is 24.8. The predicted octanol–water partition coefficient (Wildman–Crippen LogP) is 4.50. The number of aromatic nitrogens is 1. The lowest BCUT2D eigenvalue weighted by atomic mass is 9.92. The number of carbonyl (C=O) groups excluding carboxylic acids is 1. The smallest absolute Gasteiger partial charge is 0.251 e. The van der Waals surface area contributed by atoms with Crippen molar-refractivity contribution < 1.29 is 9.53 Å². The molecule has 5 rings (SSSR count). The quantitative estimate of drug-likeness (QED) is 0.636. The van der Waals surface area contributed by atoms with Crippen LogP contribution in [0.3, 0.4) is 0 Å². The molecule has 7 nitrogen and oxygen atoms in total. The number of nitrogens with zero attached hydrogens (tertiary/aromatic N) is 4. The largest absolute Gasteiger partial charge is 0.375 e. The highest BCUT2D eigenvalue weighted by Gasteiger charge is 2.23. The van der Waals surface area contributed by atoms with Crippen LogP contribution in [0.2, 0.25) is 0 Å². The standard InChI is InChI=1S/C30H33N5O2/c1-3-22-10-13-35(29-7-4-6-28(33-29)34-11-5-12-34)18-25(22)14-21(2)17-32-30(36)23-8-9-24-19-37-20-26(16-31)27(24)15-23/h3-4,6-9,14-15,26H,2,5,10-13,17-20H2,1H3,(H,32,36)/b22-3-,25-14-. The molecule has 3 aliphatic heterocycles. The maximum atomic E-state index is 12.9. The topological polar surface area (TPSA) is 81.5 Å². The van der Waals surface area contributed by atoms with Crippen LogP contribution in [0.1, 0.15) is 47.2 Å². The van der Waals surface area contributed by atoms with Gasteiger partial charge in [-0.15, -0.1) is 0 Å². The van der Waals surface area contributed by atoms with Crippen molar-refractivity contribution in [3.8, 4) is 6.07 Å². The number of carbonyl (C=O) groups is 1. The second-order valence-corrected chi connectivity index (χ2v) is 9.80. The average molecular weight is 496 g/mol. The lowest BCUT2D eigenvalue weighted by Gasteiger charge is -2.35. The number of piperidine rings is 1. The number of nitriles is 1. The van der Waals surface area contributed by atoms with E-state index in [2.05, 4.69) is 65.0 Å². The van der Waals surface area contributed by atoms with Gasteiger partial charge in [0.15, 0.2) is 0 Å². The molecular formula is C30H33N5O2. The second-order valence-electron chi connectivity index (χ2n) is 9.80. The second kappa shape index (κ2) is 11.0. The Hall–Kier alpha value is -3.89. The highest BCUT2D eigenvalue weighted by molar-refractivity contribution is 5.94. The third kappa shape index (κ3) is 5.45. The molecule has 2 aromatic rings. The van der Waals surface area contributed by atoms with Crippen LogP contribution in [-0.2, 0) is 11.3 Å². The Morgan fingerprint density at radius 1 is 1.22 bits per heavy atom. The van der Waals surface area contributed by atoms with E-state index in [0.717, 1.165) is 60.9 Å². The van der Waals surface area contributed by atoms with Crippen LogP contribution in [0.4, 0.5) is 11.6 Å². The molecule has 190 valence electrons. The van der Waals surface area contributed by atoms with Crippen molar-refractivity contribution in [2.24, 2.45) is 0 Å². The van der Waals surface area contributed by atoms with Gasteiger partial charge in [-0.25, -0.2) is 4.98 Å². The van der Waals surface area contributed by atoms with Crippen LogP contribution in [0.15, 0.2) is 71.8 Å². The molecule has 7 heteroatoms. The van der Waals surface area contributed by atoms with Crippen molar-refractivity contribution in [1.82, 2.24) is 10.3 Å². The minimum absolute atomic E-state index is 0.172. The fourth-order valence-corrected chi connectivity index (χ4v) is 5.04. The van der Waals surface area contributed by atoms with Crippen LogP contribution in [0, 0.1) is 11.3 Å². The normalized spacial score (nSPS) is 21.2. The summed E-state index contributed by atoms with van der Waals surface area (Å²) in [7, 11) is 0. The Balaban J connectivity index is 1.24. The summed E-state index contributed by atoms with van der Waals surface area (Å²) in [5.74, 6) is 1.53. The number of pyridine rings is 1. The molecule has 1 N–H and O–H groups in total. The molecule has 1 unspecified atom stereocenters. The predicted molar refractivity (Wildman–Crippen MR) is 146 cm³/mol. The third-order valence-corrected chi connectivity index (χ3v) is 7.33. The van der Waals surface area contributed by atoms with E-state index in [0.29, 0.717) is 25.3 Å². The lowest BCUT2D eigenvalue weighted by Crippen LogP contribution is -2.38. The lowest BCUT2D eigenvalue weighted by molar-refractivity contribution is 0.0952. The summed E-state index contributed by atoms with van der Waals surface area (Å²) < 4.78 is 5.47. The molecular weight excluding hydrogens is 462 g/mol. The number of benzene rings is 1. The van der Waals surface area contributed by atoms with Gasteiger partial charge >= 0.3 is 0 Å². The maximum Gasteiger partial charge on any atom is 0.251 e. The Morgan fingerprint density at radius 2 is 2.03 bits per heavy atom. The summed E-state index contributed by atoms with van der Waals surface area (Å²) in [5, 5.41) is 12.4. The van der Waals surface area contributed by atoms with Gasteiger partial charge in [-0.1, -0.05) is 30.9 Å². The number of hydrogen-bond donors (Lipinski definition) is 1. The fourth-order valence-electron chi connectivity index (χ4n) is 5.04. The van der Waals surface area contributed by atoms with Crippen molar-refractivity contribution >= 4 is 17.5 Å². The highest BCUT2D eigenvalue weighted by atomic mass is 16.5. The molecule has 0 saturated carbocycles. The Kier molecular flexibility index (Phi) is 7.38. The number of anilines is 2. The van der Waals surface area contributed by atoms with Gasteiger partial charge in [-0.3, -0.25) is 4.79 Å². The number of fused-ring (bicyclic) bond motifs is 1. The Labute approximate surface area is 218 Å². The van der Waals surface area contributed by atoms with Crippen molar-refractivity contribution in [1.29, 1.82) is 5.26 Å². The molecule has 0 spiro atoms. The summed E-state index contributed by atoms with van der Waals surface area (Å²) in [6.45, 7) is 11.3. The SMILES string of the molecule is C=C(/C=C1/CN(c2cccc(N3CCC3)n2)CC/C1=C/C)CNC(=O)c1ccc2c(c1)C(C#N)COC2. The van der Waals surface area contributed by atoms with Crippen LogP contribution >= 0.6 is 0 Å². The molecule has 0 radical (unpaired) electrons. The number of nitrogens with one attached hydrogen (secondary N) is 1. The molecule has 2 fully saturated rings. The summed E-state index contributed by atoms with van der Waals surface area (Å²) in [6.07, 6.45) is 6.43. The molecule has 3 aliphatic rings. The van der Waals surface area contributed by atoms with E-state index in [4.69, 9.17) is 9.72 Å². The van der Waals surface area contributed by atoms with E-state index in [-0.39, 0.29) is 11.8 Å². The molecule has 4 heterocycles. The Morgan fingerprint density at radius 3 is 2.76 bits per heavy atom. The Bertz CT molecular complexity index is 1300. The van der Waals surface area contributed by atoms with Crippen LogP contribution in [-0.4, -0.2) is 50.2 Å². The molecule has 1 aromatic carbocycles.